The van der Waals surface area contributed by atoms with Gasteiger partial charge in [0.25, 0.3) is 0 Å². The Labute approximate surface area is 89.6 Å². The molecule has 84 valence electrons. The topological polar surface area (TPSA) is 64.7 Å². The first-order valence-electron chi connectivity index (χ1n) is 4.83. The highest BCUT2D eigenvalue weighted by Gasteiger charge is 2.00. The second kappa shape index (κ2) is 6.40. The monoisotopic (exact) mass is 211 g/mol. The van der Waals surface area contributed by atoms with Gasteiger partial charge in [0.05, 0.1) is 33.0 Å². The number of rotatable bonds is 6. The highest BCUT2D eigenvalue weighted by atomic mass is 16.5. The van der Waals surface area contributed by atoms with Crippen LogP contribution in [0.4, 0.5) is 0 Å². The van der Waals surface area contributed by atoms with Crippen LogP contribution in [0.2, 0.25) is 0 Å². The third-order valence-corrected chi connectivity index (χ3v) is 1.99. The first-order chi connectivity index (χ1) is 7.26. The summed E-state index contributed by atoms with van der Waals surface area (Å²) in [5, 5.41) is 8.68. The summed E-state index contributed by atoms with van der Waals surface area (Å²) in [6.45, 7) is 0.808. The van der Waals surface area contributed by atoms with E-state index in [1.165, 1.54) is 0 Å². The van der Waals surface area contributed by atoms with E-state index in [9.17, 15) is 0 Å². The molecule has 0 saturated carbocycles. The molecular weight excluding hydrogens is 194 g/mol. The Bertz CT molecular complexity index is 274. The molecule has 0 radical (unpaired) electrons. The van der Waals surface area contributed by atoms with Gasteiger partial charge in [0.2, 0.25) is 0 Å². The highest BCUT2D eigenvalue weighted by molar-refractivity contribution is 5.26. The van der Waals surface area contributed by atoms with Crippen molar-refractivity contribution in [3.8, 4) is 5.75 Å². The largest absolute Gasteiger partial charge is 0.497 e. The molecule has 0 bridgehead atoms. The molecule has 4 nitrogen and oxygen atoms in total. The van der Waals surface area contributed by atoms with Gasteiger partial charge in [-0.25, -0.2) is 0 Å². The average Bonchev–Trinajstić information content (AvgIpc) is 2.29. The summed E-state index contributed by atoms with van der Waals surface area (Å²) in [7, 11) is 1.63. The predicted molar refractivity (Wildman–Crippen MR) is 57.7 cm³/mol. The van der Waals surface area contributed by atoms with E-state index in [0.717, 1.165) is 11.3 Å². The lowest BCUT2D eigenvalue weighted by Gasteiger charge is -2.09. The number of ether oxygens (including phenoxy) is 2. The molecule has 3 N–H and O–H groups in total. The van der Waals surface area contributed by atoms with Crippen LogP contribution < -0.4 is 10.5 Å². The Morgan fingerprint density at radius 2 is 2.00 bits per heavy atom. The maximum Gasteiger partial charge on any atom is 0.118 e. The van der Waals surface area contributed by atoms with Crippen molar-refractivity contribution < 1.29 is 14.6 Å². The molecule has 1 aromatic carbocycles. The van der Waals surface area contributed by atoms with Crippen LogP contribution in [0, 0.1) is 0 Å². The van der Waals surface area contributed by atoms with Crippen molar-refractivity contribution in [1.82, 2.24) is 0 Å². The van der Waals surface area contributed by atoms with Crippen molar-refractivity contribution >= 4 is 0 Å². The molecule has 4 heteroatoms. The number of nitrogens with two attached hydrogens (primary N) is 1. The number of aliphatic hydroxyl groups is 1. The maximum absolute atomic E-state index is 8.68. The molecule has 0 aliphatic heterocycles. The van der Waals surface area contributed by atoms with E-state index >= 15 is 0 Å². The minimum absolute atomic E-state index is 0.0530. The molecule has 1 aromatic rings. The predicted octanol–water partition coefficient (Wildman–Crippen LogP) is 0.531. The Kier molecular flexibility index (Phi) is 5.10. The normalized spacial score (nSPS) is 12.5. The zero-order valence-electron chi connectivity index (χ0n) is 8.85. The molecule has 0 unspecified atom stereocenters. The van der Waals surface area contributed by atoms with Gasteiger partial charge in [-0.15, -0.1) is 0 Å². The van der Waals surface area contributed by atoms with Crippen LogP contribution >= 0.6 is 0 Å². The van der Waals surface area contributed by atoms with Gasteiger partial charge in [-0.3, -0.25) is 0 Å². The second-order valence-electron chi connectivity index (χ2n) is 3.31. The van der Waals surface area contributed by atoms with Crippen LogP contribution in [-0.4, -0.2) is 31.5 Å². The van der Waals surface area contributed by atoms with Crippen LogP contribution in [0.25, 0.3) is 0 Å². The second-order valence-corrected chi connectivity index (χ2v) is 3.31. The van der Waals surface area contributed by atoms with Crippen molar-refractivity contribution in [2.24, 2.45) is 5.73 Å². The number of benzene rings is 1. The van der Waals surface area contributed by atoms with Crippen LogP contribution in [0.5, 0.6) is 5.75 Å². The van der Waals surface area contributed by atoms with E-state index in [4.69, 9.17) is 20.3 Å². The van der Waals surface area contributed by atoms with Gasteiger partial charge in [0, 0.05) is 0 Å². The SMILES string of the molecule is COc1ccc(COC[C@H](N)CO)cc1. The molecule has 0 aliphatic rings. The Morgan fingerprint density at radius 3 is 2.53 bits per heavy atom. The molecule has 0 spiro atoms. The van der Waals surface area contributed by atoms with Crippen molar-refractivity contribution in [3.63, 3.8) is 0 Å². The molecule has 0 heterocycles. The first kappa shape index (κ1) is 12.0. The molecule has 0 amide bonds. The first-order valence-corrected chi connectivity index (χ1v) is 4.83. The van der Waals surface area contributed by atoms with E-state index in [1.54, 1.807) is 7.11 Å². The number of hydrogen-bond donors (Lipinski definition) is 2. The summed E-state index contributed by atoms with van der Waals surface area (Å²) < 4.78 is 10.4. The number of aliphatic hydroxyl groups excluding tert-OH is 1. The van der Waals surface area contributed by atoms with Crippen molar-refractivity contribution in [1.29, 1.82) is 0 Å². The average molecular weight is 211 g/mol. The lowest BCUT2D eigenvalue weighted by molar-refractivity contribution is 0.0899. The quantitative estimate of drug-likeness (QED) is 0.720. The van der Waals surface area contributed by atoms with Gasteiger partial charge in [-0.05, 0) is 17.7 Å². The molecule has 0 aliphatic carbocycles. The fourth-order valence-corrected chi connectivity index (χ4v) is 1.10. The van der Waals surface area contributed by atoms with Crippen LogP contribution in [0.3, 0.4) is 0 Å². The fourth-order valence-electron chi connectivity index (χ4n) is 1.10. The smallest absolute Gasteiger partial charge is 0.118 e. The summed E-state index contributed by atoms with van der Waals surface area (Å²) in [6, 6.07) is 7.32. The minimum Gasteiger partial charge on any atom is -0.497 e. The lowest BCUT2D eigenvalue weighted by atomic mass is 10.2. The third kappa shape index (κ3) is 4.29. The van der Waals surface area contributed by atoms with Gasteiger partial charge >= 0.3 is 0 Å². The van der Waals surface area contributed by atoms with Crippen molar-refractivity contribution in [3.05, 3.63) is 29.8 Å². The summed E-state index contributed by atoms with van der Waals surface area (Å²) in [5.41, 5.74) is 6.54. The fraction of sp³-hybridized carbons (Fsp3) is 0.455. The van der Waals surface area contributed by atoms with Crippen LogP contribution in [0.1, 0.15) is 5.56 Å². The van der Waals surface area contributed by atoms with Gasteiger partial charge in [-0.2, -0.15) is 0 Å². The molecular formula is C11H17NO3. The molecule has 0 aromatic heterocycles. The standard InChI is InChI=1S/C11H17NO3/c1-14-11-4-2-9(3-5-11)7-15-8-10(12)6-13/h2-5,10,13H,6-8,12H2,1H3/t10-/m1/s1. The van der Waals surface area contributed by atoms with E-state index in [2.05, 4.69) is 0 Å². The van der Waals surface area contributed by atoms with E-state index in [-0.39, 0.29) is 12.6 Å². The highest BCUT2D eigenvalue weighted by Crippen LogP contribution is 2.11. The van der Waals surface area contributed by atoms with Gasteiger partial charge in [-0.1, -0.05) is 12.1 Å². The van der Waals surface area contributed by atoms with Gasteiger partial charge in [0.15, 0.2) is 0 Å². The van der Waals surface area contributed by atoms with Crippen molar-refractivity contribution in [2.45, 2.75) is 12.6 Å². The molecule has 0 fully saturated rings. The van der Waals surface area contributed by atoms with E-state index in [0.29, 0.717) is 13.2 Å². The van der Waals surface area contributed by atoms with Gasteiger partial charge in [0.1, 0.15) is 5.75 Å². The Morgan fingerprint density at radius 1 is 1.33 bits per heavy atom. The van der Waals surface area contributed by atoms with E-state index < -0.39 is 0 Å². The summed E-state index contributed by atoms with van der Waals surface area (Å²) in [5.74, 6) is 0.825. The third-order valence-electron chi connectivity index (χ3n) is 1.99. The molecule has 1 rings (SSSR count). The zero-order chi connectivity index (χ0) is 11.1. The minimum atomic E-state index is -0.303. The molecule has 0 saturated heterocycles. The molecule has 1 atom stereocenters. The van der Waals surface area contributed by atoms with E-state index in [1.807, 2.05) is 24.3 Å². The van der Waals surface area contributed by atoms with Crippen molar-refractivity contribution in [2.75, 3.05) is 20.3 Å². The lowest BCUT2D eigenvalue weighted by Crippen LogP contribution is -2.29. The number of hydrogen-bond acceptors (Lipinski definition) is 4. The van der Waals surface area contributed by atoms with Crippen LogP contribution in [-0.2, 0) is 11.3 Å². The van der Waals surface area contributed by atoms with Crippen LogP contribution in [0.15, 0.2) is 24.3 Å². The Hall–Kier alpha value is -1.10. The summed E-state index contributed by atoms with van der Waals surface area (Å²) in [4.78, 5) is 0. The van der Waals surface area contributed by atoms with Gasteiger partial charge < -0.3 is 20.3 Å². The number of methoxy groups -OCH3 is 1. The Balaban J connectivity index is 2.31. The zero-order valence-corrected chi connectivity index (χ0v) is 8.85. The summed E-state index contributed by atoms with van der Waals surface area (Å²) in [6.07, 6.45) is 0. The maximum atomic E-state index is 8.68. The molecule has 15 heavy (non-hydrogen) atoms. The summed E-state index contributed by atoms with van der Waals surface area (Å²) >= 11 is 0.